The first-order valence-corrected chi connectivity index (χ1v) is 11.1. The van der Waals surface area contributed by atoms with Gasteiger partial charge in [-0.25, -0.2) is 13.8 Å². The van der Waals surface area contributed by atoms with E-state index in [9.17, 15) is 13.6 Å². The third kappa shape index (κ3) is 3.96. The minimum atomic E-state index is -0.880. The van der Waals surface area contributed by atoms with Crippen molar-refractivity contribution in [3.63, 3.8) is 0 Å². The molecule has 0 atom stereocenters. The van der Waals surface area contributed by atoms with Crippen molar-refractivity contribution in [2.24, 2.45) is 0 Å². The van der Waals surface area contributed by atoms with Crippen LogP contribution in [0, 0.1) is 11.6 Å². The van der Waals surface area contributed by atoms with Gasteiger partial charge in [0.15, 0.2) is 0 Å². The SMILES string of the molecule is CN1CCc2c(sc(NC(=O)c3c(F)cccc3F)c2-c2nc3ccccc3s2)C1.Cl. The maximum atomic E-state index is 14.1. The molecule has 31 heavy (non-hydrogen) atoms. The minimum Gasteiger partial charge on any atom is -0.313 e. The summed E-state index contributed by atoms with van der Waals surface area (Å²) in [7, 11) is 2.05. The fourth-order valence-corrected chi connectivity index (χ4v) is 6.14. The van der Waals surface area contributed by atoms with Crippen molar-refractivity contribution >= 4 is 56.2 Å². The van der Waals surface area contributed by atoms with Crippen molar-refractivity contribution in [2.75, 3.05) is 18.9 Å². The number of para-hydroxylation sites is 1. The van der Waals surface area contributed by atoms with E-state index >= 15 is 0 Å². The zero-order valence-corrected chi connectivity index (χ0v) is 18.9. The predicted octanol–water partition coefficient (Wildman–Crippen LogP) is 5.97. The number of thiophene rings is 1. The fraction of sp³-hybridized carbons (Fsp3) is 0.182. The van der Waals surface area contributed by atoms with Gasteiger partial charge in [0, 0.05) is 23.5 Å². The Morgan fingerprint density at radius 3 is 2.58 bits per heavy atom. The Kier molecular flexibility index (Phi) is 6.07. The maximum Gasteiger partial charge on any atom is 0.262 e. The van der Waals surface area contributed by atoms with E-state index < -0.39 is 23.1 Å². The number of halogens is 3. The molecule has 0 aliphatic carbocycles. The number of likely N-dealkylation sites (N-methyl/N-ethyl adjacent to an activating group) is 1. The summed E-state index contributed by atoms with van der Waals surface area (Å²) in [4.78, 5) is 20.9. The Morgan fingerprint density at radius 2 is 1.84 bits per heavy atom. The van der Waals surface area contributed by atoms with Crippen molar-refractivity contribution in [3.8, 4) is 10.6 Å². The van der Waals surface area contributed by atoms with Crippen LogP contribution in [0.4, 0.5) is 13.8 Å². The van der Waals surface area contributed by atoms with Crippen LogP contribution in [0.5, 0.6) is 0 Å². The smallest absolute Gasteiger partial charge is 0.262 e. The second-order valence-corrected chi connectivity index (χ2v) is 9.37. The predicted molar refractivity (Wildman–Crippen MR) is 125 cm³/mol. The lowest BCUT2D eigenvalue weighted by Gasteiger charge is -2.22. The van der Waals surface area contributed by atoms with Gasteiger partial charge in [0.2, 0.25) is 0 Å². The lowest BCUT2D eigenvalue weighted by atomic mass is 10.0. The summed E-state index contributed by atoms with van der Waals surface area (Å²) in [6, 6.07) is 11.3. The number of benzene rings is 2. The lowest BCUT2D eigenvalue weighted by molar-refractivity contribution is 0.101. The molecule has 1 N–H and O–H groups in total. The molecule has 160 valence electrons. The molecule has 2 aromatic carbocycles. The molecular weight excluding hydrogens is 460 g/mol. The van der Waals surface area contributed by atoms with E-state index in [1.165, 1.54) is 17.4 Å². The van der Waals surface area contributed by atoms with Gasteiger partial charge < -0.3 is 10.2 Å². The second kappa shape index (κ2) is 8.63. The molecule has 2 aromatic heterocycles. The number of rotatable bonds is 3. The van der Waals surface area contributed by atoms with Gasteiger partial charge in [-0.1, -0.05) is 18.2 Å². The summed E-state index contributed by atoms with van der Waals surface area (Å²) >= 11 is 3.01. The topological polar surface area (TPSA) is 45.2 Å². The molecular formula is C22H18ClF2N3OS2. The first-order chi connectivity index (χ1) is 14.5. The van der Waals surface area contributed by atoms with E-state index in [-0.39, 0.29) is 12.4 Å². The van der Waals surface area contributed by atoms with Crippen LogP contribution in [0.3, 0.4) is 0 Å². The molecule has 1 aliphatic rings. The third-order valence-corrected chi connectivity index (χ3v) is 7.36. The number of hydrogen-bond donors (Lipinski definition) is 1. The summed E-state index contributed by atoms with van der Waals surface area (Å²) in [5.74, 6) is -2.55. The van der Waals surface area contributed by atoms with E-state index in [1.54, 1.807) is 11.3 Å². The van der Waals surface area contributed by atoms with Crippen LogP contribution in [0.1, 0.15) is 20.8 Å². The Morgan fingerprint density at radius 1 is 1.10 bits per heavy atom. The highest BCUT2D eigenvalue weighted by molar-refractivity contribution is 7.23. The molecule has 0 fully saturated rings. The molecule has 0 spiro atoms. The van der Waals surface area contributed by atoms with E-state index in [0.29, 0.717) is 5.00 Å². The molecule has 4 nitrogen and oxygen atoms in total. The van der Waals surface area contributed by atoms with Crippen molar-refractivity contribution in [2.45, 2.75) is 13.0 Å². The molecule has 4 aromatic rings. The average molecular weight is 478 g/mol. The van der Waals surface area contributed by atoms with E-state index in [2.05, 4.69) is 10.2 Å². The summed E-state index contributed by atoms with van der Waals surface area (Å²) < 4.78 is 29.3. The highest BCUT2D eigenvalue weighted by atomic mass is 35.5. The first kappa shape index (κ1) is 21.8. The third-order valence-electron chi connectivity index (χ3n) is 5.17. The standard InChI is InChI=1S/C22H17F2N3OS2.ClH/c1-27-10-9-12-17(11-27)30-22(26-20(28)19-13(23)5-4-6-14(19)24)18(12)21-25-15-7-2-3-8-16(15)29-21;/h2-8H,9-11H2,1H3,(H,26,28);1H. The molecule has 0 unspecified atom stereocenters. The lowest BCUT2D eigenvalue weighted by Crippen LogP contribution is -2.25. The maximum absolute atomic E-state index is 14.1. The molecule has 1 aliphatic heterocycles. The van der Waals surface area contributed by atoms with Crippen molar-refractivity contribution < 1.29 is 13.6 Å². The fourth-order valence-electron chi connectivity index (χ4n) is 3.71. The van der Waals surface area contributed by atoms with Crippen molar-refractivity contribution in [3.05, 3.63) is 70.1 Å². The number of nitrogens with one attached hydrogen (secondary N) is 1. The van der Waals surface area contributed by atoms with Gasteiger partial charge in [-0.2, -0.15) is 0 Å². The zero-order valence-electron chi connectivity index (χ0n) is 16.4. The highest BCUT2D eigenvalue weighted by Crippen LogP contribution is 2.45. The Bertz CT molecular complexity index is 1230. The summed E-state index contributed by atoms with van der Waals surface area (Å²) in [5.41, 5.74) is 2.34. The number of nitrogens with zero attached hydrogens (tertiary/aromatic N) is 2. The van der Waals surface area contributed by atoms with Crippen LogP contribution in [0.25, 0.3) is 20.8 Å². The molecule has 3 heterocycles. The highest BCUT2D eigenvalue weighted by Gasteiger charge is 2.28. The van der Waals surface area contributed by atoms with Gasteiger partial charge in [-0.3, -0.25) is 4.79 Å². The van der Waals surface area contributed by atoms with E-state index in [0.717, 1.165) is 62.9 Å². The molecule has 0 bridgehead atoms. The Balaban J connectivity index is 0.00000231. The second-order valence-electron chi connectivity index (χ2n) is 7.23. The monoisotopic (exact) mass is 477 g/mol. The number of fused-ring (bicyclic) bond motifs is 2. The number of carbonyl (C=O) groups is 1. The van der Waals surface area contributed by atoms with Gasteiger partial charge in [0.1, 0.15) is 27.2 Å². The Labute approximate surface area is 192 Å². The molecule has 0 saturated heterocycles. The van der Waals surface area contributed by atoms with Crippen molar-refractivity contribution in [1.29, 1.82) is 0 Å². The summed E-state index contributed by atoms with van der Waals surface area (Å²) in [5, 5.41) is 4.16. The number of anilines is 1. The van der Waals surface area contributed by atoms with Gasteiger partial charge in [0.05, 0.1) is 10.2 Å². The van der Waals surface area contributed by atoms with E-state index in [4.69, 9.17) is 4.98 Å². The molecule has 0 saturated carbocycles. The molecule has 5 rings (SSSR count). The van der Waals surface area contributed by atoms with Crippen LogP contribution in [-0.2, 0) is 13.0 Å². The van der Waals surface area contributed by atoms with Crippen LogP contribution in [-0.4, -0.2) is 29.4 Å². The zero-order chi connectivity index (χ0) is 20.8. The first-order valence-electron chi connectivity index (χ1n) is 9.45. The van der Waals surface area contributed by atoms with E-state index in [1.807, 2.05) is 31.3 Å². The molecule has 1 amide bonds. The largest absolute Gasteiger partial charge is 0.313 e. The number of thiazole rings is 1. The average Bonchev–Trinajstić information content (AvgIpc) is 3.27. The summed E-state index contributed by atoms with van der Waals surface area (Å²) in [6.07, 6.45) is 0.831. The molecule has 9 heteroatoms. The van der Waals surface area contributed by atoms with Crippen LogP contribution < -0.4 is 5.32 Å². The van der Waals surface area contributed by atoms with Crippen LogP contribution in [0.15, 0.2) is 42.5 Å². The quantitative estimate of drug-likeness (QED) is 0.395. The van der Waals surface area contributed by atoms with Crippen LogP contribution in [0.2, 0.25) is 0 Å². The van der Waals surface area contributed by atoms with Gasteiger partial charge in [-0.05, 0) is 43.3 Å². The normalized spacial score (nSPS) is 13.6. The number of amides is 1. The van der Waals surface area contributed by atoms with Gasteiger partial charge >= 0.3 is 0 Å². The summed E-state index contributed by atoms with van der Waals surface area (Å²) in [6.45, 7) is 1.67. The number of aromatic nitrogens is 1. The van der Waals surface area contributed by atoms with Gasteiger partial charge in [-0.15, -0.1) is 35.1 Å². The number of carbonyl (C=O) groups excluding carboxylic acids is 1. The van der Waals surface area contributed by atoms with Crippen LogP contribution >= 0.6 is 35.1 Å². The van der Waals surface area contributed by atoms with Gasteiger partial charge in [0.25, 0.3) is 5.91 Å². The Hall–Kier alpha value is -2.39. The number of hydrogen-bond acceptors (Lipinski definition) is 5. The molecule has 0 radical (unpaired) electrons. The van der Waals surface area contributed by atoms with Crippen molar-refractivity contribution in [1.82, 2.24) is 9.88 Å². The minimum absolute atomic E-state index is 0.